The van der Waals surface area contributed by atoms with Crippen LogP contribution in [0.4, 0.5) is 17.1 Å². The Hall–Kier alpha value is -6.96. The van der Waals surface area contributed by atoms with Crippen molar-refractivity contribution in [1.82, 2.24) is 0 Å². The van der Waals surface area contributed by atoms with Crippen molar-refractivity contribution in [3.63, 3.8) is 0 Å². The van der Waals surface area contributed by atoms with Crippen LogP contribution in [-0.2, 0) is 0 Å². The minimum Gasteiger partial charge on any atom is -0.310 e. The Labute approximate surface area is 311 Å². The molecule has 0 atom stereocenters. The lowest BCUT2D eigenvalue weighted by atomic mass is 9.87. The van der Waals surface area contributed by atoms with Crippen LogP contribution in [0, 0.1) is 0 Å². The first-order valence-electron chi connectivity index (χ1n) is 18.2. The molecular weight excluding hydrogens is 639 g/mol. The largest absolute Gasteiger partial charge is 0.310 e. The van der Waals surface area contributed by atoms with Gasteiger partial charge in [0.2, 0.25) is 0 Å². The second-order valence-electron chi connectivity index (χ2n) is 13.3. The molecule has 9 rings (SSSR count). The van der Waals surface area contributed by atoms with Crippen molar-refractivity contribution in [2.45, 2.75) is 0 Å². The topological polar surface area (TPSA) is 3.24 Å². The summed E-state index contributed by atoms with van der Waals surface area (Å²) in [4.78, 5) is 2.44. The summed E-state index contributed by atoms with van der Waals surface area (Å²) in [6.45, 7) is 0. The average molecular weight is 676 g/mol. The molecule has 0 unspecified atom stereocenters. The summed E-state index contributed by atoms with van der Waals surface area (Å²) in [6, 6.07) is 81.0. The summed E-state index contributed by atoms with van der Waals surface area (Å²) in [5.41, 5.74) is 15.1. The lowest BCUT2D eigenvalue weighted by Gasteiger charge is -2.30. The molecular formula is C52H37N. The third kappa shape index (κ3) is 6.42. The zero-order valence-electron chi connectivity index (χ0n) is 29.3. The summed E-state index contributed by atoms with van der Waals surface area (Å²) >= 11 is 0. The normalized spacial score (nSPS) is 11.0. The van der Waals surface area contributed by atoms with Crippen LogP contribution >= 0.6 is 0 Å². The molecule has 0 heterocycles. The third-order valence-electron chi connectivity index (χ3n) is 10.0. The van der Waals surface area contributed by atoms with Crippen molar-refractivity contribution in [2.24, 2.45) is 0 Å². The third-order valence-corrected chi connectivity index (χ3v) is 10.0. The number of anilines is 3. The fourth-order valence-electron chi connectivity index (χ4n) is 7.51. The molecule has 0 fully saturated rings. The van der Waals surface area contributed by atoms with E-state index in [1.54, 1.807) is 0 Å². The molecule has 0 saturated heterocycles. The van der Waals surface area contributed by atoms with Gasteiger partial charge in [-0.2, -0.15) is 0 Å². The Morgan fingerprint density at radius 2 is 0.698 bits per heavy atom. The van der Waals surface area contributed by atoms with Crippen molar-refractivity contribution >= 4 is 27.8 Å². The van der Waals surface area contributed by atoms with Crippen LogP contribution in [-0.4, -0.2) is 0 Å². The number of nitrogens with zero attached hydrogens (tertiary/aromatic N) is 1. The van der Waals surface area contributed by atoms with Crippen molar-refractivity contribution in [1.29, 1.82) is 0 Å². The number of fused-ring (bicyclic) bond motifs is 1. The molecule has 9 aromatic rings. The highest BCUT2D eigenvalue weighted by atomic mass is 15.1. The van der Waals surface area contributed by atoms with E-state index in [1.807, 2.05) is 0 Å². The molecule has 1 nitrogen and oxygen atoms in total. The second-order valence-corrected chi connectivity index (χ2v) is 13.3. The van der Waals surface area contributed by atoms with Gasteiger partial charge in [-0.05, 0) is 97.2 Å². The van der Waals surface area contributed by atoms with Crippen molar-refractivity contribution in [2.75, 3.05) is 4.90 Å². The summed E-state index contributed by atoms with van der Waals surface area (Å²) in [5, 5.41) is 2.48. The molecule has 0 bridgehead atoms. The van der Waals surface area contributed by atoms with Crippen molar-refractivity contribution < 1.29 is 0 Å². The van der Waals surface area contributed by atoms with Gasteiger partial charge in [0, 0.05) is 16.9 Å². The molecule has 0 radical (unpaired) electrons. The molecule has 0 saturated carbocycles. The number of hydrogen-bond donors (Lipinski definition) is 0. The van der Waals surface area contributed by atoms with Gasteiger partial charge >= 0.3 is 0 Å². The second kappa shape index (κ2) is 14.3. The van der Waals surface area contributed by atoms with E-state index in [4.69, 9.17) is 0 Å². The Kier molecular flexibility index (Phi) is 8.66. The van der Waals surface area contributed by atoms with E-state index in [0.717, 1.165) is 17.1 Å². The Morgan fingerprint density at radius 3 is 1.36 bits per heavy atom. The maximum Gasteiger partial charge on any atom is 0.0546 e. The molecule has 53 heavy (non-hydrogen) atoms. The van der Waals surface area contributed by atoms with Crippen LogP contribution in [0.3, 0.4) is 0 Å². The van der Waals surface area contributed by atoms with Gasteiger partial charge in [-0.25, -0.2) is 0 Å². The van der Waals surface area contributed by atoms with Gasteiger partial charge in [-0.15, -0.1) is 0 Å². The predicted octanol–water partition coefficient (Wildman–Crippen LogP) is 14.6. The van der Waals surface area contributed by atoms with Crippen LogP contribution in [0.5, 0.6) is 0 Å². The maximum atomic E-state index is 2.44. The molecule has 0 spiro atoms. The van der Waals surface area contributed by atoms with Crippen molar-refractivity contribution in [3.05, 3.63) is 224 Å². The quantitative estimate of drug-likeness (QED) is 0.155. The first kappa shape index (κ1) is 32.0. The molecule has 0 aliphatic carbocycles. The van der Waals surface area contributed by atoms with E-state index in [2.05, 4.69) is 229 Å². The monoisotopic (exact) mass is 675 g/mol. The summed E-state index contributed by atoms with van der Waals surface area (Å²) in [6.07, 6.45) is 0. The average Bonchev–Trinajstić information content (AvgIpc) is 3.25. The van der Waals surface area contributed by atoms with Crippen LogP contribution in [0.2, 0.25) is 0 Å². The SMILES string of the molecule is c1ccc(-c2cccc(N(c3cccc(-c4ccc5ccccc5c4)c3)c3cccc(-c4ccccc4)c3-c3ccccc3-c3ccccc3)c2)cc1. The lowest BCUT2D eigenvalue weighted by molar-refractivity contribution is 1.28. The highest BCUT2D eigenvalue weighted by Crippen LogP contribution is 2.48. The minimum atomic E-state index is 1.09. The van der Waals surface area contributed by atoms with Gasteiger partial charge in [0.25, 0.3) is 0 Å². The van der Waals surface area contributed by atoms with E-state index < -0.39 is 0 Å². The standard InChI is InChI=1S/C52H37N/c1-4-17-38(18-5-1)43-25-14-27-46(36-43)53(47-28-15-26-44(37-47)45-34-33-39-19-10-11-24-42(39)35-45)51-32-16-31-49(41-22-8-3-9-23-41)52(51)50-30-13-12-29-48(50)40-20-6-2-7-21-40/h1-37H. The highest BCUT2D eigenvalue weighted by molar-refractivity contribution is 6.01. The Balaban J connectivity index is 1.32. The zero-order valence-corrected chi connectivity index (χ0v) is 29.3. The van der Waals surface area contributed by atoms with Gasteiger partial charge in [-0.3, -0.25) is 0 Å². The van der Waals surface area contributed by atoms with Crippen LogP contribution in [0.15, 0.2) is 224 Å². The predicted molar refractivity (Wildman–Crippen MR) is 226 cm³/mol. The van der Waals surface area contributed by atoms with E-state index in [9.17, 15) is 0 Å². The van der Waals surface area contributed by atoms with Gasteiger partial charge in [0.05, 0.1) is 5.69 Å². The van der Waals surface area contributed by atoms with E-state index >= 15 is 0 Å². The van der Waals surface area contributed by atoms with Gasteiger partial charge in [-0.1, -0.05) is 188 Å². The van der Waals surface area contributed by atoms with E-state index in [0.29, 0.717) is 0 Å². The van der Waals surface area contributed by atoms with Crippen LogP contribution in [0.1, 0.15) is 0 Å². The van der Waals surface area contributed by atoms with Gasteiger partial charge in [0.1, 0.15) is 0 Å². The fourth-order valence-corrected chi connectivity index (χ4v) is 7.51. The zero-order chi connectivity index (χ0) is 35.4. The molecule has 9 aromatic carbocycles. The van der Waals surface area contributed by atoms with E-state index in [-0.39, 0.29) is 0 Å². The van der Waals surface area contributed by atoms with Crippen molar-refractivity contribution in [3.8, 4) is 55.6 Å². The number of hydrogen-bond acceptors (Lipinski definition) is 1. The first-order valence-corrected chi connectivity index (χ1v) is 18.2. The first-order chi connectivity index (χ1) is 26.3. The Bertz CT molecular complexity index is 2660. The van der Waals surface area contributed by atoms with E-state index in [1.165, 1.54) is 66.4 Å². The Morgan fingerprint density at radius 1 is 0.245 bits per heavy atom. The number of benzene rings is 9. The highest BCUT2D eigenvalue weighted by Gasteiger charge is 2.23. The number of rotatable bonds is 8. The molecule has 1 heteroatoms. The van der Waals surface area contributed by atoms with Crippen LogP contribution < -0.4 is 4.90 Å². The molecule has 250 valence electrons. The lowest BCUT2D eigenvalue weighted by Crippen LogP contribution is -2.12. The molecule has 0 N–H and O–H groups in total. The maximum absolute atomic E-state index is 2.44. The minimum absolute atomic E-state index is 1.09. The summed E-state index contributed by atoms with van der Waals surface area (Å²) in [7, 11) is 0. The molecule has 0 aliphatic heterocycles. The van der Waals surface area contributed by atoms with Gasteiger partial charge < -0.3 is 4.90 Å². The summed E-state index contributed by atoms with van der Waals surface area (Å²) in [5.74, 6) is 0. The fraction of sp³-hybridized carbons (Fsp3) is 0. The van der Waals surface area contributed by atoms with Crippen LogP contribution in [0.25, 0.3) is 66.4 Å². The molecule has 0 amide bonds. The summed E-state index contributed by atoms with van der Waals surface area (Å²) < 4.78 is 0. The molecule has 0 aliphatic rings. The molecule has 0 aromatic heterocycles. The van der Waals surface area contributed by atoms with Gasteiger partial charge in [0.15, 0.2) is 0 Å². The smallest absolute Gasteiger partial charge is 0.0546 e.